The number of carbonyl (C=O) groups is 2. The van der Waals surface area contributed by atoms with E-state index in [0.29, 0.717) is 42.9 Å². The van der Waals surface area contributed by atoms with Crippen molar-refractivity contribution in [3.63, 3.8) is 0 Å². The van der Waals surface area contributed by atoms with Gasteiger partial charge in [-0.25, -0.2) is 4.79 Å². The lowest BCUT2D eigenvalue weighted by atomic mass is 9.80. The lowest BCUT2D eigenvalue weighted by molar-refractivity contribution is -0.132. The zero-order chi connectivity index (χ0) is 28.2. The number of hydrogen-bond donors (Lipinski definition) is 0. The first-order valence-corrected chi connectivity index (χ1v) is 15.8. The van der Waals surface area contributed by atoms with Crippen molar-refractivity contribution in [3.05, 3.63) is 35.9 Å². The summed E-state index contributed by atoms with van der Waals surface area (Å²) in [6, 6.07) is 12.5. The minimum absolute atomic E-state index is 0.00276. The summed E-state index contributed by atoms with van der Waals surface area (Å²) in [6.45, 7) is 15.9. The molecular formula is C33H50N4O3. The molecule has 220 valence electrons. The van der Waals surface area contributed by atoms with E-state index in [1.54, 1.807) is 0 Å². The lowest BCUT2D eigenvalue weighted by Gasteiger charge is -2.50. The van der Waals surface area contributed by atoms with E-state index in [-0.39, 0.29) is 29.1 Å². The number of ether oxygens (including phenoxy) is 1. The van der Waals surface area contributed by atoms with Crippen LogP contribution in [0.2, 0.25) is 0 Å². The Labute approximate surface area is 241 Å². The number of fused-ring (bicyclic) bond motifs is 2. The van der Waals surface area contributed by atoms with Gasteiger partial charge in [-0.15, -0.1) is 0 Å². The number of urea groups is 1. The molecule has 5 aliphatic rings. The Kier molecular flexibility index (Phi) is 7.44. The Morgan fingerprint density at radius 3 is 2.33 bits per heavy atom. The summed E-state index contributed by atoms with van der Waals surface area (Å²) >= 11 is 0. The maximum Gasteiger partial charge on any atom is 0.321 e. The van der Waals surface area contributed by atoms with Gasteiger partial charge in [-0.3, -0.25) is 9.69 Å². The highest BCUT2D eigenvalue weighted by molar-refractivity contribution is 5.79. The van der Waals surface area contributed by atoms with E-state index in [1.165, 1.54) is 18.4 Å². The third-order valence-electron chi connectivity index (χ3n) is 10.4. The van der Waals surface area contributed by atoms with Crippen LogP contribution in [-0.4, -0.2) is 101 Å². The van der Waals surface area contributed by atoms with E-state index < -0.39 is 0 Å². The zero-order valence-electron chi connectivity index (χ0n) is 25.3. The molecule has 5 aliphatic heterocycles. The molecule has 7 nitrogen and oxygen atoms in total. The van der Waals surface area contributed by atoms with Gasteiger partial charge in [0.2, 0.25) is 5.91 Å². The molecule has 0 aliphatic carbocycles. The van der Waals surface area contributed by atoms with E-state index >= 15 is 0 Å². The van der Waals surface area contributed by atoms with Gasteiger partial charge in [0.25, 0.3) is 0 Å². The Balaban J connectivity index is 1.20. The van der Waals surface area contributed by atoms with E-state index in [1.807, 2.05) is 0 Å². The molecule has 6 rings (SSSR count). The number of benzene rings is 1. The molecule has 0 N–H and O–H groups in total. The number of rotatable bonds is 6. The predicted octanol–water partition coefficient (Wildman–Crippen LogP) is 4.97. The number of amides is 3. The first-order chi connectivity index (χ1) is 19.0. The van der Waals surface area contributed by atoms with E-state index in [4.69, 9.17) is 4.74 Å². The Morgan fingerprint density at radius 2 is 1.73 bits per heavy atom. The molecule has 5 saturated heterocycles. The summed E-state index contributed by atoms with van der Waals surface area (Å²) in [5.41, 5.74) is 1.29. The van der Waals surface area contributed by atoms with Crippen LogP contribution in [0.3, 0.4) is 0 Å². The number of piperidine rings is 1. The lowest BCUT2D eigenvalue weighted by Crippen LogP contribution is -2.60. The van der Waals surface area contributed by atoms with Crippen molar-refractivity contribution in [1.82, 2.24) is 19.6 Å². The molecule has 5 fully saturated rings. The van der Waals surface area contributed by atoms with Gasteiger partial charge in [-0.1, -0.05) is 51.1 Å². The van der Waals surface area contributed by atoms with Crippen molar-refractivity contribution in [1.29, 1.82) is 0 Å². The van der Waals surface area contributed by atoms with Crippen molar-refractivity contribution >= 4 is 11.9 Å². The molecule has 1 spiro atoms. The fourth-order valence-electron chi connectivity index (χ4n) is 8.84. The van der Waals surface area contributed by atoms with Gasteiger partial charge >= 0.3 is 6.03 Å². The highest BCUT2D eigenvalue weighted by Gasteiger charge is 2.59. The molecule has 5 atom stereocenters. The van der Waals surface area contributed by atoms with Crippen molar-refractivity contribution in [2.45, 2.75) is 109 Å². The average Bonchev–Trinajstić information content (AvgIpc) is 3.66. The van der Waals surface area contributed by atoms with E-state index in [9.17, 15) is 9.59 Å². The molecule has 0 radical (unpaired) electrons. The van der Waals surface area contributed by atoms with Crippen molar-refractivity contribution < 1.29 is 14.3 Å². The second-order valence-corrected chi connectivity index (χ2v) is 14.9. The monoisotopic (exact) mass is 550 g/mol. The third kappa shape index (κ3) is 5.17. The van der Waals surface area contributed by atoms with Crippen LogP contribution in [0.5, 0.6) is 0 Å². The summed E-state index contributed by atoms with van der Waals surface area (Å²) in [4.78, 5) is 36.4. The van der Waals surface area contributed by atoms with Crippen LogP contribution in [0.15, 0.2) is 30.3 Å². The molecule has 40 heavy (non-hydrogen) atoms. The highest BCUT2D eigenvalue weighted by Crippen LogP contribution is 2.49. The quantitative estimate of drug-likeness (QED) is 0.502. The topological polar surface area (TPSA) is 56.3 Å². The van der Waals surface area contributed by atoms with Gasteiger partial charge in [-0.05, 0) is 62.8 Å². The van der Waals surface area contributed by atoms with Crippen molar-refractivity contribution in [2.75, 3.05) is 39.4 Å². The third-order valence-corrected chi connectivity index (χ3v) is 10.4. The van der Waals surface area contributed by atoms with Crippen LogP contribution in [0.1, 0.15) is 84.6 Å². The second-order valence-electron chi connectivity index (χ2n) is 14.9. The van der Waals surface area contributed by atoms with Crippen molar-refractivity contribution in [2.24, 2.45) is 11.3 Å². The van der Waals surface area contributed by atoms with Crippen LogP contribution in [0, 0.1) is 11.3 Å². The largest absolute Gasteiger partial charge is 0.379 e. The maximum absolute atomic E-state index is 13.7. The van der Waals surface area contributed by atoms with Crippen LogP contribution in [0.25, 0.3) is 0 Å². The van der Waals surface area contributed by atoms with Crippen LogP contribution in [0.4, 0.5) is 4.79 Å². The molecule has 1 aromatic rings. The van der Waals surface area contributed by atoms with Gasteiger partial charge < -0.3 is 19.4 Å². The summed E-state index contributed by atoms with van der Waals surface area (Å²) in [6.07, 6.45) is 6.11. The normalized spacial score (nSPS) is 34.7. The van der Waals surface area contributed by atoms with Crippen LogP contribution >= 0.6 is 0 Å². The van der Waals surface area contributed by atoms with Gasteiger partial charge in [0.1, 0.15) is 0 Å². The Bertz CT molecular complexity index is 1060. The molecule has 0 aromatic heterocycles. The molecular weight excluding hydrogens is 500 g/mol. The minimum Gasteiger partial charge on any atom is -0.379 e. The number of nitrogens with zero attached hydrogens (tertiary/aromatic N) is 4. The molecule has 2 bridgehead atoms. The van der Waals surface area contributed by atoms with Gasteiger partial charge in [0, 0.05) is 63.3 Å². The van der Waals surface area contributed by atoms with Gasteiger partial charge in [0.05, 0.1) is 18.2 Å². The minimum atomic E-state index is -0.0700. The van der Waals surface area contributed by atoms with Crippen LogP contribution < -0.4 is 0 Å². The first kappa shape index (κ1) is 28.0. The smallest absolute Gasteiger partial charge is 0.321 e. The van der Waals surface area contributed by atoms with Gasteiger partial charge in [0.15, 0.2) is 0 Å². The second kappa shape index (κ2) is 10.6. The van der Waals surface area contributed by atoms with Gasteiger partial charge in [-0.2, -0.15) is 0 Å². The summed E-state index contributed by atoms with van der Waals surface area (Å²) in [5, 5.41) is 0. The van der Waals surface area contributed by atoms with E-state index in [2.05, 4.69) is 84.6 Å². The number of carbonyl (C=O) groups excluding carboxylic acids is 2. The predicted molar refractivity (Wildman–Crippen MR) is 157 cm³/mol. The fourth-order valence-corrected chi connectivity index (χ4v) is 8.84. The number of hydrogen-bond acceptors (Lipinski definition) is 4. The summed E-state index contributed by atoms with van der Waals surface area (Å²) in [7, 11) is 0. The molecule has 3 amide bonds. The van der Waals surface area contributed by atoms with Crippen molar-refractivity contribution in [3.8, 4) is 0 Å². The average molecular weight is 551 g/mol. The molecule has 0 saturated carbocycles. The summed E-state index contributed by atoms with van der Waals surface area (Å²) in [5.74, 6) is 1.10. The van der Waals surface area contributed by atoms with Crippen LogP contribution in [-0.2, 0) is 9.53 Å². The molecule has 7 heteroatoms. The maximum atomic E-state index is 13.7. The standard InChI is InChI=1S/C33H50N4O3/c1-23(2)37-31(39)36(28-13-14-40-21-28)22-33(37)15-26-11-12-27(16-33)35(26)19-25-18-34(30(38)17-32(3,4)5)20-29(25)24-9-7-6-8-10-24/h6-10,23,25-29H,11-22H2,1-5H3/t25-,26?,27?,28?,29-,33?/m1/s1. The Hall–Kier alpha value is -2.12. The molecule has 5 heterocycles. The Morgan fingerprint density at radius 1 is 1.02 bits per heavy atom. The first-order valence-electron chi connectivity index (χ1n) is 15.8. The highest BCUT2D eigenvalue weighted by atomic mass is 16.5. The zero-order valence-corrected chi connectivity index (χ0v) is 25.3. The molecule has 3 unspecified atom stereocenters. The summed E-state index contributed by atoms with van der Waals surface area (Å²) < 4.78 is 5.69. The fraction of sp³-hybridized carbons (Fsp3) is 0.758. The molecule has 1 aromatic carbocycles. The van der Waals surface area contributed by atoms with E-state index in [0.717, 1.165) is 52.0 Å². The SMILES string of the molecule is CC(C)N1C(=O)N(C2CCOC2)CC12CC1CCC(C2)N1C[C@H]1CN(C(=O)CC(C)(C)C)C[C@@H]1c1ccccc1. The number of likely N-dealkylation sites (tertiary alicyclic amines) is 1.